The monoisotopic (exact) mass is 143 g/mol. The van der Waals surface area contributed by atoms with Crippen LogP contribution >= 0.6 is 0 Å². The lowest BCUT2D eigenvalue weighted by molar-refractivity contribution is -0.120. The van der Waals surface area contributed by atoms with Crippen molar-refractivity contribution in [2.75, 3.05) is 7.05 Å². The van der Waals surface area contributed by atoms with Gasteiger partial charge in [0.1, 0.15) is 6.29 Å². The van der Waals surface area contributed by atoms with E-state index >= 15 is 0 Å². The van der Waals surface area contributed by atoms with E-state index in [2.05, 4.69) is 5.32 Å². The average molecular weight is 143 g/mol. The Kier molecular flexibility index (Phi) is 5.72. The van der Waals surface area contributed by atoms with Crippen molar-refractivity contribution in [1.82, 2.24) is 5.32 Å². The molecule has 0 aliphatic heterocycles. The van der Waals surface area contributed by atoms with Gasteiger partial charge in [-0.25, -0.2) is 0 Å². The van der Waals surface area contributed by atoms with Crippen LogP contribution in [0.1, 0.15) is 25.7 Å². The zero-order valence-electron chi connectivity index (χ0n) is 6.22. The predicted molar refractivity (Wildman–Crippen MR) is 38.6 cm³/mol. The van der Waals surface area contributed by atoms with Gasteiger partial charge in [-0.3, -0.25) is 4.79 Å². The molecule has 1 N–H and O–H groups in total. The van der Waals surface area contributed by atoms with Gasteiger partial charge in [-0.1, -0.05) is 0 Å². The first-order chi connectivity index (χ1) is 4.81. The van der Waals surface area contributed by atoms with E-state index < -0.39 is 0 Å². The summed E-state index contributed by atoms with van der Waals surface area (Å²) in [5.74, 6) is 0.0471. The lowest BCUT2D eigenvalue weighted by atomic mass is 10.2. The van der Waals surface area contributed by atoms with Gasteiger partial charge in [0.15, 0.2) is 0 Å². The largest absolute Gasteiger partial charge is 0.359 e. The summed E-state index contributed by atoms with van der Waals surface area (Å²) in [5, 5.41) is 2.51. The number of unbranched alkanes of at least 4 members (excludes halogenated alkanes) is 2. The second-order valence-electron chi connectivity index (χ2n) is 2.09. The van der Waals surface area contributed by atoms with Gasteiger partial charge in [0.05, 0.1) is 0 Å². The zero-order valence-corrected chi connectivity index (χ0v) is 6.22. The van der Waals surface area contributed by atoms with Crippen molar-refractivity contribution >= 4 is 12.2 Å². The summed E-state index contributed by atoms with van der Waals surface area (Å²) < 4.78 is 0. The summed E-state index contributed by atoms with van der Waals surface area (Å²) in [5.41, 5.74) is 0. The molecule has 0 heterocycles. The first kappa shape index (κ1) is 9.14. The second kappa shape index (κ2) is 6.26. The maximum atomic E-state index is 10.6. The minimum Gasteiger partial charge on any atom is -0.359 e. The summed E-state index contributed by atoms with van der Waals surface area (Å²) in [6.45, 7) is 0. The molecule has 0 radical (unpaired) electrons. The molecular weight excluding hydrogens is 130 g/mol. The van der Waals surface area contributed by atoms with Gasteiger partial charge in [0.2, 0.25) is 5.91 Å². The normalized spacial score (nSPS) is 8.90. The number of hydrogen-bond donors (Lipinski definition) is 1. The Morgan fingerprint density at radius 1 is 1.50 bits per heavy atom. The molecule has 0 fully saturated rings. The summed E-state index contributed by atoms with van der Waals surface area (Å²) in [6.07, 6.45) is 3.60. The topological polar surface area (TPSA) is 46.2 Å². The molecule has 0 bridgehead atoms. The number of nitrogens with one attached hydrogen (secondary N) is 1. The van der Waals surface area contributed by atoms with Crippen molar-refractivity contribution < 1.29 is 9.59 Å². The molecule has 0 unspecified atom stereocenters. The Labute approximate surface area is 60.8 Å². The molecule has 0 spiro atoms. The molecule has 58 valence electrons. The Balaban J connectivity index is 3.03. The second-order valence-corrected chi connectivity index (χ2v) is 2.09. The molecule has 10 heavy (non-hydrogen) atoms. The van der Waals surface area contributed by atoms with E-state index in [0.29, 0.717) is 12.8 Å². The zero-order chi connectivity index (χ0) is 7.82. The minimum absolute atomic E-state index is 0.0471. The lowest BCUT2D eigenvalue weighted by Crippen LogP contribution is -2.16. The summed E-state index contributed by atoms with van der Waals surface area (Å²) in [4.78, 5) is 20.4. The predicted octanol–water partition coefficient (Wildman–Crippen LogP) is 0.492. The van der Waals surface area contributed by atoms with E-state index in [1.807, 2.05) is 0 Å². The number of amides is 1. The molecule has 0 aromatic heterocycles. The molecule has 0 rings (SSSR count). The number of hydrogen-bond acceptors (Lipinski definition) is 2. The van der Waals surface area contributed by atoms with E-state index in [-0.39, 0.29) is 5.91 Å². The van der Waals surface area contributed by atoms with E-state index in [4.69, 9.17) is 0 Å². The highest BCUT2D eigenvalue weighted by molar-refractivity contribution is 5.75. The van der Waals surface area contributed by atoms with Crippen LogP contribution in [-0.2, 0) is 9.59 Å². The van der Waals surface area contributed by atoms with E-state index in [1.54, 1.807) is 7.05 Å². The SMILES string of the molecule is CNC(=O)CCCCC=O. The molecule has 1 amide bonds. The average Bonchev–Trinajstić information content (AvgIpc) is 1.98. The fraction of sp³-hybridized carbons (Fsp3) is 0.714. The fourth-order valence-electron chi connectivity index (χ4n) is 0.638. The van der Waals surface area contributed by atoms with Crippen molar-refractivity contribution in [3.8, 4) is 0 Å². The van der Waals surface area contributed by atoms with Crippen molar-refractivity contribution in [3.63, 3.8) is 0 Å². The standard InChI is InChI=1S/C7H13NO2/c1-8-7(10)5-3-2-4-6-9/h6H,2-5H2,1H3,(H,8,10). The molecule has 0 aromatic rings. The Hall–Kier alpha value is -0.860. The summed E-state index contributed by atoms with van der Waals surface area (Å²) in [7, 11) is 1.61. The number of carbonyl (C=O) groups is 2. The molecule has 3 nitrogen and oxygen atoms in total. The molecular formula is C7H13NO2. The van der Waals surface area contributed by atoms with Crippen LogP contribution in [0, 0.1) is 0 Å². The van der Waals surface area contributed by atoms with Gasteiger partial charge in [-0.2, -0.15) is 0 Å². The van der Waals surface area contributed by atoms with Crippen LogP contribution in [0.5, 0.6) is 0 Å². The third-order valence-electron chi connectivity index (χ3n) is 1.25. The highest BCUT2D eigenvalue weighted by atomic mass is 16.1. The van der Waals surface area contributed by atoms with Gasteiger partial charge >= 0.3 is 0 Å². The summed E-state index contributed by atoms with van der Waals surface area (Å²) in [6, 6.07) is 0. The summed E-state index contributed by atoms with van der Waals surface area (Å²) >= 11 is 0. The maximum Gasteiger partial charge on any atom is 0.219 e. The molecule has 0 aliphatic carbocycles. The Morgan fingerprint density at radius 2 is 2.20 bits per heavy atom. The van der Waals surface area contributed by atoms with Gasteiger partial charge in [-0.05, 0) is 12.8 Å². The molecule has 0 saturated heterocycles. The van der Waals surface area contributed by atoms with Gasteiger partial charge in [0.25, 0.3) is 0 Å². The van der Waals surface area contributed by atoms with Crippen molar-refractivity contribution in [1.29, 1.82) is 0 Å². The van der Waals surface area contributed by atoms with Gasteiger partial charge in [-0.15, -0.1) is 0 Å². The van der Waals surface area contributed by atoms with Crippen LogP contribution in [0.25, 0.3) is 0 Å². The van der Waals surface area contributed by atoms with Gasteiger partial charge in [0, 0.05) is 19.9 Å². The van der Waals surface area contributed by atoms with E-state index in [1.165, 1.54) is 0 Å². The number of rotatable bonds is 5. The quantitative estimate of drug-likeness (QED) is 0.449. The molecule has 0 saturated carbocycles. The molecule has 3 heteroatoms. The van der Waals surface area contributed by atoms with Crippen LogP contribution in [0.15, 0.2) is 0 Å². The highest BCUT2D eigenvalue weighted by Crippen LogP contribution is 1.96. The molecule has 0 aromatic carbocycles. The first-order valence-electron chi connectivity index (χ1n) is 3.45. The Morgan fingerprint density at radius 3 is 2.70 bits per heavy atom. The van der Waals surface area contributed by atoms with Crippen molar-refractivity contribution in [2.45, 2.75) is 25.7 Å². The van der Waals surface area contributed by atoms with Crippen molar-refractivity contribution in [3.05, 3.63) is 0 Å². The minimum atomic E-state index is 0.0471. The third kappa shape index (κ3) is 5.28. The first-order valence-corrected chi connectivity index (χ1v) is 3.45. The van der Waals surface area contributed by atoms with Crippen molar-refractivity contribution in [2.24, 2.45) is 0 Å². The van der Waals surface area contributed by atoms with Crippen LogP contribution in [0.4, 0.5) is 0 Å². The molecule has 0 aliphatic rings. The third-order valence-corrected chi connectivity index (χ3v) is 1.25. The van der Waals surface area contributed by atoms with Gasteiger partial charge < -0.3 is 10.1 Å². The van der Waals surface area contributed by atoms with E-state index in [9.17, 15) is 9.59 Å². The van der Waals surface area contributed by atoms with Crippen LogP contribution in [-0.4, -0.2) is 19.2 Å². The molecule has 0 atom stereocenters. The highest BCUT2D eigenvalue weighted by Gasteiger charge is 1.95. The maximum absolute atomic E-state index is 10.6. The fourth-order valence-corrected chi connectivity index (χ4v) is 0.638. The van der Waals surface area contributed by atoms with E-state index in [0.717, 1.165) is 19.1 Å². The number of carbonyl (C=O) groups excluding carboxylic acids is 2. The van der Waals surface area contributed by atoms with Crippen LogP contribution < -0.4 is 5.32 Å². The van der Waals surface area contributed by atoms with Crippen LogP contribution in [0.3, 0.4) is 0 Å². The number of aldehydes is 1. The van der Waals surface area contributed by atoms with Crippen LogP contribution in [0.2, 0.25) is 0 Å². The smallest absolute Gasteiger partial charge is 0.219 e. The lowest BCUT2D eigenvalue weighted by Gasteiger charge is -1.95. The Bertz CT molecular complexity index is 112.